The van der Waals surface area contributed by atoms with Gasteiger partial charge in [-0.2, -0.15) is 5.26 Å². The van der Waals surface area contributed by atoms with Gasteiger partial charge in [0.2, 0.25) is 5.95 Å². The minimum Gasteiger partial charge on any atom is -0.371 e. The molecule has 3 rings (SSSR count). The molecule has 2 aromatic carbocycles. The van der Waals surface area contributed by atoms with Crippen LogP contribution in [0.5, 0.6) is 0 Å². The van der Waals surface area contributed by atoms with Crippen molar-refractivity contribution in [3.63, 3.8) is 0 Å². The molecule has 36 heavy (non-hydrogen) atoms. The topological polar surface area (TPSA) is 114 Å². The summed E-state index contributed by atoms with van der Waals surface area (Å²) in [5, 5.41) is 14.3. The Labute approximate surface area is 211 Å². The largest absolute Gasteiger partial charge is 0.371 e. The Hall–Kier alpha value is -4.45. The Kier molecular flexibility index (Phi) is 8.95. The van der Waals surface area contributed by atoms with Crippen LogP contribution in [-0.2, 0) is 0 Å². The van der Waals surface area contributed by atoms with E-state index >= 15 is 0 Å². The quantitative estimate of drug-likeness (QED) is 0.416. The standard InChI is InChI=1S/C27H31N7O2/c1-5-17-34(6-2)24-12-11-21(18-22(24)26(36)33(3)4)31-27-30-15-13-23(32-27)19-7-9-20(10-8-19)25(35)29-16-14-28/h7-13,15,18H,5-6,16-17H2,1-4H3,(H,29,35)(H,30,31,32). The molecular formula is C27H31N7O2. The molecule has 0 saturated heterocycles. The normalized spacial score (nSPS) is 10.3. The van der Waals surface area contributed by atoms with Gasteiger partial charge in [-0.05, 0) is 49.7 Å². The fourth-order valence-corrected chi connectivity index (χ4v) is 3.74. The summed E-state index contributed by atoms with van der Waals surface area (Å²) in [4.78, 5) is 37.7. The van der Waals surface area contributed by atoms with E-state index in [0.29, 0.717) is 28.5 Å². The maximum Gasteiger partial charge on any atom is 0.255 e. The van der Waals surface area contributed by atoms with Gasteiger partial charge in [0.25, 0.3) is 11.8 Å². The van der Waals surface area contributed by atoms with Crippen molar-refractivity contribution in [1.29, 1.82) is 5.26 Å². The van der Waals surface area contributed by atoms with Gasteiger partial charge in [-0.25, -0.2) is 9.97 Å². The molecule has 0 saturated carbocycles. The first kappa shape index (κ1) is 26.2. The van der Waals surface area contributed by atoms with E-state index in [4.69, 9.17) is 5.26 Å². The maximum atomic E-state index is 13.0. The molecular weight excluding hydrogens is 454 g/mol. The number of carbonyl (C=O) groups excluding carboxylic acids is 2. The fourth-order valence-electron chi connectivity index (χ4n) is 3.74. The van der Waals surface area contributed by atoms with Crippen molar-refractivity contribution in [1.82, 2.24) is 20.2 Å². The third-order valence-corrected chi connectivity index (χ3v) is 5.53. The zero-order valence-corrected chi connectivity index (χ0v) is 21.1. The molecule has 2 amide bonds. The van der Waals surface area contributed by atoms with Crippen LogP contribution in [0.1, 0.15) is 41.0 Å². The molecule has 186 valence electrons. The van der Waals surface area contributed by atoms with Crippen molar-refractivity contribution in [3.8, 4) is 17.3 Å². The summed E-state index contributed by atoms with van der Waals surface area (Å²) in [5.41, 5.74) is 4.17. The molecule has 0 atom stereocenters. The Balaban J connectivity index is 1.86. The predicted molar refractivity (Wildman–Crippen MR) is 141 cm³/mol. The number of nitrogens with one attached hydrogen (secondary N) is 2. The van der Waals surface area contributed by atoms with Gasteiger partial charge in [0.15, 0.2) is 0 Å². The molecule has 0 unspecified atom stereocenters. The number of rotatable bonds is 10. The van der Waals surface area contributed by atoms with Crippen molar-refractivity contribution in [3.05, 3.63) is 65.9 Å². The number of benzene rings is 2. The van der Waals surface area contributed by atoms with E-state index in [2.05, 4.69) is 39.3 Å². The average molecular weight is 486 g/mol. The van der Waals surface area contributed by atoms with E-state index in [0.717, 1.165) is 30.8 Å². The van der Waals surface area contributed by atoms with E-state index in [1.165, 1.54) is 0 Å². The van der Waals surface area contributed by atoms with Crippen LogP contribution in [0.25, 0.3) is 11.3 Å². The first-order valence-electron chi connectivity index (χ1n) is 11.8. The molecule has 0 aliphatic rings. The second kappa shape index (κ2) is 12.3. The van der Waals surface area contributed by atoms with E-state index in [1.807, 2.05) is 24.3 Å². The summed E-state index contributed by atoms with van der Waals surface area (Å²) in [6.45, 7) is 5.82. The summed E-state index contributed by atoms with van der Waals surface area (Å²) < 4.78 is 0. The van der Waals surface area contributed by atoms with Crippen LogP contribution in [-0.4, -0.2) is 60.4 Å². The van der Waals surface area contributed by atoms with Gasteiger partial charge < -0.3 is 20.4 Å². The molecule has 0 bridgehead atoms. The van der Waals surface area contributed by atoms with E-state index in [1.54, 1.807) is 55.5 Å². The molecule has 3 aromatic rings. The fraction of sp³-hybridized carbons (Fsp3) is 0.296. The summed E-state index contributed by atoms with van der Waals surface area (Å²) in [6.07, 6.45) is 2.63. The number of anilines is 3. The highest BCUT2D eigenvalue weighted by Gasteiger charge is 2.18. The predicted octanol–water partition coefficient (Wildman–Crippen LogP) is 4.08. The minimum atomic E-state index is -0.305. The lowest BCUT2D eigenvalue weighted by Gasteiger charge is -2.26. The van der Waals surface area contributed by atoms with Crippen molar-refractivity contribution in [2.24, 2.45) is 0 Å². The van der Waals surface area contributed by atoms with Crippen LogP contribution in [0.3, 0.4) is 0 Å². The molecule has 0 radical (unpaired) electrons. The number of carbonyl (C=O) groups is 2. The molecule has 9 nitrogen and oxygen atoms in total. The molecule has 0 spiro atoms. The molecule has 2 N–H and O–H groups in total. The third-order valence-electron chi connectivity index (χ3n) is 5.53. The molecule has 0 aliphatic carbocycles. The van der Waals surface area contributed by atoms with Gasteiger partial charge in [0.05, 0.1) is 17.3 Å². The highest BCUT2D eigenvalue weighted by Crippen LogP contribution is 2.27. The first-order chi connectivity index (χ1) is 17.4. The van der Waals surface area contributed by atoms with Crippen molar-refractivity contribution >= 4 is 29.1 Å². The van der Waals surface area contributed by atoms with Crippen LogP contribution >= 0.6 is 0 Å². The van der Waals surface area contributed by atoms with Crippen LogP contribution in [0.15, 0.2) is 54.7 Å². The lowest BCUT2D eigenvalue weighted by Crippen LogP contribution is -2.29. The van der Waals surface area contributed by atoms with Crippen LogP contribution in [0.2, 0.25) is 0 Å². The van der Waals surface area contributed by atoms with E-state index in [9.17, 15) is 9.59 Å². The van der Waals surface area contributed by atoms with Crippen molar-refractivity contribution in [2.75, 3.05) is 43.9 Å². The average Bonchev–Trinajstić information content (AvgIpc) is 2.90. The van der Waals surface area contributed by atoms with E-state index < -0.39 is 0 Å². The molecule has 1 heterocycles. The lowest BCUT2D eigenvalue weighted by molar-refractivity contribution is 0.0827. The van der Waals surface area contributed by atoms with Gasteiger partial charge in [0, 0.05) is 55.9 Å². The summed E-state index contributed by atoms with van der Waals surface area (Å²) in [5.74, 6) is 0.0113. The highest BCUT2D eigenvalue weighted by molar-refractivity contribution is 6.00. The number of nitriles is 1. The van der Waals surface area contributed by atoms with Crippen molar-refractivity contribution < 1.29 is 9.59 Å². The highest BCUT2D eigenvalue weighted by atomic mass is 16.2. The van der Waals surface area contributed by atoms with Gasteiger partial charge >= 0.3 is 0 Å². The summed E-state index contributed by atoms with van der Waals surface area (Å²) in [6, 6.07) is 16.3. The number of aromatic nitrogens is 2. The Bertz CT molecular complexity index is 1250. The van der Waals surface area contributed by atoms with Gasteiger partial charge in [-0.1, -0.05) is 19.1 Å². The first-order valence-corrected chi connectivity index (χ1v) is 11.8. The minimum absolute atomic E-state index is 0.0422. The number of nitrogens with zero attached hydrogens (tertiary/aromatic N) is 5. The van der Waals surface area contributed by atoms with Gasteiger partial charge in [-0.3, -0.25) is 9.59 Å². The summed E-state index contributed by atoms with van der Waals surface area (Å²) in [7, 11) is 3.49. The SMILES string of the molecule is CCCN(CC)c1ccc(Nc2nccc(-c3ccc(C(=O)NCC#N)cc3)n2)cc1C(=O)N(C)C. The zero-order valence-electron chi connectivity index (χ0n) is 21.1. The molecule has 0 fully saturated rings. The Morgan fingerprint density at radius 1 is 1.06 bits per heavy atom. The lowest BCUT2D eigenvalue weighted by atomic mass is 10.1. The van der Waals surface area contributed by atoms with Crippen LogP contribution in [0.4, 0.5) is 17.3 Å². The second-order valence-corrected chi connectivity index (χ2v) is 8.32. The maximum absolute atomic E-state index is 13.0. The number of hydrogen-bond acceptors (Lipinski definition) is 7. The third kappa shape index (κ3) is 6.36. The smallest absolute Gasteiger partial charge is 0.255 e. The van der Waals surface area contributed by atoms with Gasteiger partial charge in [0.1, 0.15) is 6.54 Å². The van der Waals surface area contributed by atoms with Gasteiger partial charge in [-0.15, -0.1) is 0 Å². The summed E-state index contributed by atoms with van der Waals surface area (Å²) >= 11 is 0. The van der Waals surface area contributed by atoms with Crippen LogP contribution < -0.4 is 15.5 Å². The second-order valence-electron chi connectivity index (χ2n) is 8.32. The number of amides is 2. The molecule has 9 heteroatoms. The zero-order chi connectivity index (χ0) is 26.1. The Morgan fingerprint density at radius 2 is 1.81 bits per heavy atom. The Morgan fingerprint density at radius 3 is 2.44 bits per heavy atom. The van der Waals surface area contributed by atoms with Crippen LogP contribution in [0, 0.1) is 11.3 Å². The molecule has 1 aromatic heterocycles. The number of hydrogen-bond donors (Lipinski definition) is 2. The molecule has 0 aliphatic heterocycles. The monoisotopic (exact) mass is 485 g/mol. The van der Waals surface area contributed by atoms with Crippen molar-refractivity contribution in [2.45, 2.75) is 20.3 Å². The van der Waals surface area contributed by atoms with E-state index in [-0.39, 0.29) is 18.4 Å².